The number of carbonyl (C=O) groups excluding carboxylic acids is 1. The van der Waals surface area contributed by atoms with Crippen molar-refractivity contribution < 1.29 is 24.9 Å². The van der Waals surface area contributed by atoms with Crippen molar-refractivity contribution in [1.82, 2.24) is 4.57 Å². The lowest BCUT2D eigenvalue weighted by Gasteiger charge is -2.21. The summed E-state index contributed by atoms with van der Waals surface area (Å²) in [6, 6.07) is 13.5. The standard InChI is InChI=1S/C25H27NO6S/c1-15-12-22(29)24(19(14-23(30)32-2)17-5-7-18(33-3)8-6-17)25(31)26(15)11-10-16-4-9-20(27)21(28)13-16/h4-9,12-13,19,27-29H,10-11,14H2,1-3H3. The lowest BCUT2D eigenvalue weighted by molar-refractivity contribution is -0.140. The quantitative estimate of drug-likeness (QED) is 0.260. The van der Waals surface area contributed by atoms with Gasteiger partial charge in [-0.15, -0.1) is 11.8 Å². The molecule has 0 bridgehead atoms. The summed E-state index contributed by atoms with van der Waals surface area (Å²) in [6.45, 7) is 2.01. The number of pyridine rings is 1. The first-order chi connectivity index (χ1) is 15.7. The molecule has 1 unspecified atom stereocenters. The highest BCUT2D eigenvalue weighted by Gasteiger charge is 2.26. The number of esters is 1. The van der Waals surface area contributed by atoms with Crippen molar-refractivity contribution in [3.8, 4) is 17.2 Å². The zero-order valence-electron chi connectivity index (χ0n) is 18.7. The van der Waals surface area contributed by atoms with E-state index in [2.05, 4.69) is 0 Å². The SMILES string of the molecule is COC(=O)CC(c1ccc(SC)cc1)c1c(O)cc(C)n(CCc2ccc(O)c(O)c2)c1=O. The number of aromatic hydroxyl groups is 3. The van der Waals surface area contributed by atoms with Crippen LogP contribution >= 0.6 is 11.8 Å². The first-order valence-corrected chi connectivity index (χ1v) is 11.6. The fourth-order valence-electron chi connectivity index (χ4n) is 3.81. The molecule has 3 aromatic rings. The van der Waals surface area contributed by atoms with Gasteiger partial charge >= 0.3 is 5.97 Å². The molecule has 0 fully saturated rings. The Kier molecular flexibility index (Phi) is 7.71. The number of aromatic nitrogens is 1. The summed E-state index contributed by atoms with van der Waals surface area (Å²) in [4.78, 5) is 26.7. The van der Waals surface area contributed by atoms with E-state index in [0.29, 0.717) is 18.7 Å². The summed E-state index contributed by atoms with van der Waals surface area (Å²) < 4.78 is 6.39. The van der Waals surface area contributed by atoms with Gasteiger partial charge < -0.3 is 24.6 Å². The smallest absolute Gasteiger partial charge is 0.306 e. The molecule has 0 amide bonds. The third kappa shape index (κ3) is 5.51. The van der Waals surface area contributed by atoms with Gasteiger partial charge in [-0.2, -0.15) is 0 Å². The second-order valence-electron chi connectivity index (χ2n) is 7.72. The van der Waals surface area contributed by atoms with Gasteiger partial charge in [0, 0.05) is 23.1 Å². The molecule has 0 aliphatic rings. The molecule has 0 spiro atoms. The van der Waals surface area contributed by atoms with Crippen molar-refractivity contribution in [3.63, 3.8) is 0 Å². The van der Waals surface area contributed by atoms with Gasteiger partial charge in [-0.25, -0.2) is 0 Å². The second-order valence-corrected chi connectivity index (χ2v) is 8.60. The summed E-state index contributed by atoms with van der Waals surface area (Å²) in [6.07, 6.45) is 2.29. The molecule has 1 heterocycles. The van der Waals surface area contributed by atoms with Crippen LogP contribution in [0.4, 0.5) is 0 Å². The summed E-state index contributed by atoms with van der Waals surface area (Å²) >= 11 is 1.58. The van der Waals surface area contributed by atoms with Crippen molar-refractivity contribution in [2.24, 2.45) is 0 Å². The molecule has 3 N–H and O–H groups in total. The van der Waals surface area contributed by atoms with E-state index in [9.17, 15) is 24.9 Å². The van der Waals surface area contributed by atoms with Gasteiger partial charge in [0.25, 0.3) is 5.56 Å². The van der Waals surface area contributed by atoms with E-state index in [4.69, 9.17) is 4.74 Å². The van der Waals surface area contributed by atoms with Crippen LogP contribution in [-0.2, 0) is 22.5 Å². The minimum absolute atomic E-state index is 0.0905. The first kappa shape index (κ1) is 24.3. The minimum atomic E-state index is -0.676. The number of nitrogens with zero attached hydrogens (tertiary/aromatic N) is 1. The van der Waals surface area contributed by atoms with Crippen LogP contribution in [0.3, 0.4) is 0 Å². The zero-order valence-corrected chi connectivity index (χ0v) is 19.6. The van der Waals surface area contributed by atoms with Crippen molar-refractivity contribution >= 4 is 17.7 Å². The number of methoxy groups -OCH3 is 1. The summed E-state index contributed by atoms with van der Waals surface area (Å²) in [7, 11) is 1.29. The summed E-state index contributed by atoms with van der Waals surface area (Å²) in [5.74, 6) is -1.77. The summed E-state index contributed by atoms with van der Waals surface area (Å²) in [5, 5.41) is 30.0. The van der Waals surface area contributed by atoms with E-state index in [-0.39, 0.29) is 29.2 Å². The molecule has 1 aromatic heterocycles. The number of carbonyl (C=O) groups is 1. The van der Waals surface area contributed by atoms with Crippen molar-refractivity contribution in [3.05, 3.63) is 81.3 Å². The predicted molar refractivity (Wildman–Crippen MR) is 127 cm³/mol. The van der Waals surface area contributed by atoms with Gasteiger partial charge in [-0.3, -0.25) is 9.59 Å². The molecule has 8 heteroatoms. The molecule has 0 radical (unpaired) electrons. The molecule has 0 saturated heterocycles. The maximum Gasteiger partial charge on any atom is 0.306 e. The molecule has 0 saturated carbocycles. The Hall–Kier alpha value is -3.39. The summed E-state index contributed by atoms with van der Waals surface area (Å²) in [5.41, 5.74) is 1.78. The highest BCUT2D eigenvalue weighted by atomic mass is 32.2. The molecule has 0 aliphatic carbocycles. The van der Waals surface area contributed by atoms with Gasteiger partial charge in [0.05, 0.1) is 19.1 Å². The molecule has 0 aliphatic heterocycles. The van der Waals surface area contributed by atoms with E-state index < -0.39 is 17.4 Å². The number of thioether (sulfide) groups is 1. The molecule has 7 nitrogen and oxygen atoms in total. The third-order valence-electron chi connectivity index (χ3n) is 5.65. The van der Waals surface area contributed by atoms with Crippen LogP contribution in [0, 0.1) is 6.92 Å². The third-order valence-corrected chi connectivity index (χ3v) is 6.40. The Labute approximate surface area is 196 Å². The monoisotopic (exact) mass is 469 g/mol. The maximum absolute atomic E-state index is 13.5. The van der Waals surface area contributed by atoms with Crippen LogP contribution in [0.15, 0.2) is 58.2 Å². The number of rotatable bonds is 8. The normalized spacial score (nSPS) is 11.8. The van der Waals surface area contributed by atoms with E-state index >= 15 is 0 Å². The highest BCUT2D eigenvalue weighted by molar-refractivity contribution is 7.98. The van der Waals surface area contributed by atoms with Gasteiger partial charge in [0.2, 0.25) is 0 Å². The lowest BCUT2D eigenvalue weighted by atomic mass is 9.88. The first-order valence-electron chi connectivity index (χ1n) is 10.4. The zero-order chi connectivity index (χ0) is 24.1. The second kappa shape index (κ2) is 10.5. The van der Waals surface area contributed by atoms with Crippen molar-refractivity contribution in [2.75, 3.05) is 13.4 Å². The van der Waals surface area contributed by atoms with Crippen LogP contribution in [0.5, 0.6) is 17.2 Å². The van der Waals surface area contributed by atoms with E-state index in [1.165, 1.54) is 25.3 Å². The minimum Gasteiger partial charge on any atom is -0.507 e. The largest absolute Gasteiger partial charge is 0.507 e. The van der Waals surface area contributed by atoms with Crippen molar-refractivity contribution in [1.29, 1.82) is 0 Å². The van der Waals surface area contributed by atoms with Gasteiger partial charge in [0.15, 0.2) is 11.5 Å². The van der Waals surface area contributed by atoms with E-state index in [1.54, 1.807) is 29.3 Å². The van der Waals surface area contributed by atoms with Crippen molar-refractivity contribution in [2.45, 2.75) is 37.1 Å². The van der Waals surface area contributed by atoms with Crippen LogP contribution in [-0.4, -0.2) is 39.2 Å². The van der Waals surface area contributed by atoms with Gasteiger partial charge in [0.1, 0.15) is 5.75 Å². The number of phenols is 2. The van der Waals surface area contributed by atoms with Crippen LogP contribution in [0.1, 0.15) is 34.7 Å². The molecule has 3 rings (SSSR count). The highest BCUT2D eigenvalue weighted by Crippen LogP contribution is 2.33. The Morgan fingerprint density at radius 2 is 1.73 bits per heavy atom. The number of hydrogen-bond acceptors (Lipinski definition) is 7. The molecule has 2 aromatic carbocycles. The molecular weight excluding hydrogens is 442 g/mol. The van der Waals surface area contributed by atoms with Gasteiger partial charge in [-0.05, 0) is 61.1 Å². The van der Waals surface area contributed by atoms with Gasteiger partial charge in [-0.1, -0.05) is 18.2 Å². The fourth-order valence-corrected chi connectivity index (χ4v) is 4.22. The number of benzene rings is 2. The molecular formula is C25H27NO6S. The Bertz CT molecular complexity index is 1200. The van der Waals surface area contributed by atoms with Crippen LogP contribution < -0.4 is 5.56 Å². The Morgan fingerprint density at radius 3 is 2.33 bits per heavy atom. The topological polar surface area (TPSA) is 109 Å². The Morgan fingerprint density at radius 1 is 1.03 bits per heavy atom. The average molecular weight is 470 g/mol. The van der Waals surface area contributed by atoms with Crippen LogP contribution in [0.2, 0.25) is 0 Å². The van der Waals surface area contributed by atoms with Crippen LogP contribution in [0.25, 0.3) is 0 Å². The molecule has 33 heavy (non-hydrogen) atoms. The predicted octanol–water partition coefficient (Wildman–Crippen LogP) is 3.93. The average Bonchev–Trinajstić information content (AvgIpc) is 2.80. The number of aryl methyl sites for hydroxylation is 2. The van der Waals surface area contributed by atoms with E-state index in [1.807, 2.05) is 30.5 Å². The maximum atomic E-state index is 13.5. The molecule has 1 atom stereocenters. The Balaban J connectivity index is 2.03. The van der Waals surface area contributed by atoms with E-state index in [0.717, 1.165) is 16.0 Å². The number of hydrogen-bond donors (Lipinski definition) is 3. The lowest BCUT2D eigenvalue weighted by Crippen LogP contribution is -2.29. The number of ether oxygens (including phenoxy) is 1. The number of phenolic OH excluding ortho intramolecular Hbond substituents is 2. The molecule has 174 valence electrons. The fraction of sp³-hybridized carbons (Fsp3) is 0.280.